The fraction of sp³-hybridized carbons (Fsp3) is 0.588. The van der Waals surface area contributed by atoms with Crippen LogP contribution >= 0.6 is 0 Å². The van der Waals surface area contributed by atoms with Crippen molar-refractivity contribution in [2.45, 2.75) is 40.5 Å². The highest BCUT2D eigenvalue weighted by atomic mass is 16.5. The van der Waals surface area contributed by atoms with Crippen LogP contribution in [-0.2, 0) is 4.79 Å². The van der Waals surface area contributed by atoms with Gasteiger partial charge in [0, 0.05) is 13.0 Å². The Morgan fingerprint density at radius 1 is 1.15 bits per heavy atom. The van der Waals surface area contributed by atoms with E-state index in [2.05, 4.69) is 33.8 Å². The predicted molar refractivity (Wildman–Crippen MR) is 83.1 cm³/mol. The van der Waals surface area contributed by atoms with Crippen molar-refractivity contribution in [3.05, 3.63) is 29.3 Å². The second kappa shape index (κ2) is 7.93. The van der Waals surface area contributed by atoms with Crippen LogP contribution in [-0.4, -0.2) is 31.0 Å². The maximum atomic E-state index is 12.1. The molecule has 112 valence electrons. The summed E-state index contributed by atoms with van der Waals surface area (Å²) in [5.41, 5.74) is 2.39. The van der Waals surface area contributed by atoms with Crippen molar-refractivity contribution in [3.8, 4) is 5.75 Å². The highest BCUT2D eigenvalue weighted by Crippen LogP contribution is 2.16. The fourth-order valence-corrected chi connectivity index (χ4v) is 2.38. The molecule has 0 aliphatic rings. The number of hydrogen-bond acceptors (Lipinski definition) is 2. The molecule has 1 amide bonds. The molecule has 1 aromatic rings. The number of benzene rings is 1. The molecule has 0 heterocycles. The number of amides is 1. The predicted octanol–water partition coefficient (Wildman–Crippen LogP) is 3.58. The monoisotopic (exact) mass is 277 g/mol. The smallest absolute Gasteiger partial charge is 0.225 e. The molecule has 0 saturated carbocycles. The number of nitrogens with zero attached hydrogens (tertiary/aromatic N) is 1. The minimum atomic E-state index is 0.140. The molecule has 0 bridgehead atoms. The van der Waals surface area contributed by atoms with Crippen LogP contribution in [0.15, 0.2) is 18.2 Å². The minimum absolute atomic E-state index is 0.140. The molecule has 0 aliphatic heterocycles. The van der Waals surface area contributed by atoms with Crippen molar-refractivity contribution < 1.29 is 9.53 Å². The summed E-state index contributed by atoms with van der Waals surface area (Å²) in [6.07, 6.45) is 1.80. The van der Waals surface area contributed by atoms with Crippen LogP contribution < -0.4 is 4.74 Å². The van der Waals surface area contributed by atoms with Gasteiger partial charge in [-0.05, 0) is 49.9 Å². The van der Waals surface area contributed by atoms with Gasteiger partial charge >= 0.3 is 0 Å². The third-order valence-corrected chi connectivity index (χ3v) is 3.60. The molecule has 0 fully saturated rings. The average Bonchev–Trinajstić information content (AvgIpc) is 2.38. The standard InChI is InChI=1S/C17H27NO2/c1-6-15(7-2)17(19)18(5)8-9-20-16-11-13(3)10-14(4)12-16/h10-12,15H,6-9H2,1-5H3. The molecule has 1 rings (SSSR count). The molecule has 0 atom stereocenters. The summed E-state index contributed by atoms with van der Waals surface area (Å²) < 4.78 is 5.74. The van der Waals surface area contributed by atoms with E-state index in [0.29, 0.717) is 13.2 Å². The van der Waals surface area contributed by atoms with Gasteiger partial charge in [0.1, 0.15) is 12.4 Å². The van der Waals surface area contributed by atoms with Crippen molar-refractivity contribution >= 4 is 5.91 Å². The number of rotatable bonds is 7. The molecule has 0 saturated heterocycles. The van der Waals surface area contributed by atoms with Gasteiger partial charge in [0.05, 0.1) is 6.54 Å². The third kappa shape index (κ3) is 4.87. The van der Waals surface area contributed by atoms with E-state index in [1.807, 2.05) is 19.2 Å². The molecular weight excluding hydrogens is 250 g/mol. The van der Waals surface area contributed by atoms with Gasteiger partial charge in [-0.1, -0.05) is 19.9 Å². The SMILES string of the molecule is CCC(CC)C(=O)N(C)CCOc1cc(C)cc(C)c1. The van der Waals surface area contributed by atoms with Crippen LogP contribution in [0.4, 0.5) is 0 Å². The second-order valence-corrected chi connectivity index (χ2v) is 5.45. The van der Waals surface area contributed by atoms with Gasteiger partial charge in [0.25, 0.3) is 0 Å². The number of hydrogen-bond donors (Lipinski definition) is 0. The Hall–Kier alpha value is -1.51. The first-order valence-electron chi connectivity index (χ1n) is 7.44. The molecule has 3 heteroatoms. The maximum absolute atomic E-state index is 12.1. The molecule has 3 nitrogen and oxygen atoms in total. The van der Waals surface area contributed by atoms with Gasteiger partial charge in [0.15, 0.2) is 0 Å². The lowest BCUT2D eigenvalue weighted by Crippen LogP contribution is -2.35. The van der Waals surface area contributed by atoms with E-state index < -0.39 is 0 Å². The van der Waals surface area contributed by atoms with Gasteiger partial charge in [-0.25, -0.2) is 0 Å². The topological polar surface area (TPSA) is 29.5 Å². The van der Waals surface area contributed by atoms with Crippen LogP contribution in [0.1, 0.15) is 37.8 Å². The number of carbonyl (C=O) groups is 1. The summed E-state index contributed by atoms with van der Waals surface area (Å²) in [5, 5.41) is 0. The highest BCUT2D eigenvalue weighted by molar-refractivity contribution is 5.78. The van der Waals surface area contributed by atoms with Crippen molar-refractivity contribution in [1.29, 1.82) is 0 Å². The molecule has 0 aliphatic carbocycles. The summed E-state index contributed by atoms with van der Waals surface area (Å²) in [7, 11) is 1.85. The summed E-state index contributed by atoms with van der Waals surface area (Å²) in [6.45, 7) is 9.40. The summed E-state index contributed by atoms with van der Waals surface area (Å²) in [4.78, 5) is 13.9. The molecule has 1 aromatic carbocycles. The van der Waals surface area contributed by atoms with Crippen molar-refractivity contribution in [2.75, 3.05) is 20.2 Å². The lowest BCUT2D eigenvalue weighted by Gasteiger charge is -2.22. The lowest BCUT2D eigenvalue weighted by molar-refractivity contribution is -0.134. The third-order valence-electron chi connectivity index (χ3n) is 3.60. The van der Waals surface area contributed by atoms with Crippen molar-refractivity contribution in [3.63, 3.8) is 0 Å². The number of aryl methyl sites for hydroxylation is 2. The quantitative estimate of drug-likeness (QED) is 0.762. The van der Waals surface area contributed by atoms with E-state index in [9.17, 15) is 4.79 Å². The highest BCUT2D eigenvalue weighted by Gasteiger charge is 2.18. The fourth-order valence-electron chi connectivity index (χ4n) is 2.38. The zero-order chi connectivity index (χ0) is 15.1. The van der Waals surface area contributed by atoms with Crippen LogP contribution in [0.3, 0.4) is 0 Å². The average molecular weight is 277 g/mol. The molecular formula is C17H27NO2. The van der Waals surface area contributed by atoms with E-state index in [-0.39, 0.29) is 11.8 Å². The first-order chi connectivity index (χ1) is 9.47. The first kappa shape index (κ1) is 16.5. The lowest BCUT2D eigenvalue weighted by atomic mass is 10.0. The van der Waals surface area contributed by atoms with E-state index in [1.54, 1.807) is 4.90 Å². The Morgan fingerprint density at radius 2 is 1.70 bits per heavy atom. The van der Waals surface area contributed by atoms with Crippen molar-refractivity contribution in [1.82, 2.24) is 4.90 Å². The largest absolute Gasteiger partial charge is 0.492 e. The van der Waals surface area contributed by atoms with Crippen LogP contribution in [0, 0.1) is 19.8 Å². The Bertz CT molecular complexity index is 418. The van der Waals surface area contributed by atoms with Gasteiger partial charge < -0.3 is 9.64 Å². The molecule has 0 N–H and O–H groups in total. The van der Waals surface area contributed by atoms with E-state index >= 15 is 0 Å². The van der Waals surface area contributed by atoms with Gasteiger partial charge in [-0.2, -0.15) is 0 Å². The summed E-state index contributed by atoms with van der Waals surface area (Å²) >= 11 is 0. The first-order valence-corrected chi connectivity index (χ1v) is 7.44. The van der Waals surface area contributed by atoms with Gasteiger partial charge in [-0.3, -0.25) is 4.79 Å². The van der Waals surface area contributed by atoms with Gasteiger partial charge in [-0.15, -0.1) is 0 Å². The number of carbonyl (C=O) groups excluding carboxylic acids is 1. The molecule has 0 unspecified atom stereocenters. The molecule has 0 spiro atoms. The normalized spacial score (nSPS) is 10.7. The van der Waals surface area contributed by atoms with Crippen LogP contribution in [0.2, 0.25) is 0 Å². The molecule has 0 radical (unpaired) electrons. The Balaban J connectivity index is 2.45. The summed E-state index contributed by atoms with van der Waals surface area (Å²) in [5.74, 6) is 1.24. The minimum Gasteiger partial charge on any atom is -0.492 e. The zero-order valence-electron chi connectivity index (χ0n) is 13.4. The van der Waals surface area contributed by atoms with Gasteiger partial charge in [0.2, 0.25) is 5.91 Å². The number of likely N-dealkylation sites (N-methyl/N-ethyl adjacent to an activating group) is 1. The number of ether oxygens (including phenoxy) is 1. The Kier molecular flexibility index (Phi) is 6.56. The second-order valence-electron chi connectivity index (χ2n) is 5.45. The Labute approximate surface area is 122 Å². The van der Waals surface area contributed by atoms with Crippen LogP contribution in [0.5, 0.6) is 5.75 Å². The Morgan fingerprint density at radius 3 is 2.20 bits per heavy atom. The molecule has 0 aromatic heterocycles. The van der Waals surface area contributed by atoms with E-state index in [4.69, 9.17) is 4.74 Å². The van der Waals surface area contributed by atoms with E-state index in [1.165, 1.54) is 11.1 Å². The van der Waals surface area contributed by atoms with Crippen LogP contribution in [0.25, 0.3) is 0 Å². The zero-order valence-corrected chi connectivity index (χ0v) is 13.4. The summed E-state index contributed by atoms with van der Waals surface area (Å²) in [6, 6.07) is 6.17. The maximum Gasteiger partial charge on any atom is 0.225 e. The molecule has 20 heavy (non-hydrogen) atoms. The van der Waals surface area contributed by atoms with Crippen molar-refractivity contribution in [2.24, 2.45) is 5.92 Å². The van der Waals surface area contributed by atoms with E-state index in [0.717, 1.165) is 18.6 Å².